The van der Waals surface area contributed by atoms with Gasteiger partial charge in [0.05, 0.1) is 4.92 Å². The lowest BCUT2D eigenvalue weighted by Gasteiger charge is -2.18. The van der Waals surface area contributed by atoms with Gasteiger partial charge in [0.1, 0.15) is 11.5 Å². The van der Waals surface area contributed by atoms with Gasteiger partial charge >= 0.3 is 5.69 Å². The first-order valence-electron chi connectivity index (χ1n) is 5.68. The zero-order valence-corrected chi connectivity index (χ0v) is 10.9. The van der Waals surface area contributed by atoms with Crippen LogP contribution in [-0.4, -0.2) is 21.9 Å². The maximum atomic E-state index is 12.9. The molecule has 0 unspecified atom stereocenters. The Labute approximate surface area is 114 Å². The first-order chi connectivity index (χ1) is 9.40. The molecule has 0 saturated carbocycles. The summed E-state index contributed by atoms with van der Waals surface area (Å²) < 4.78 is 12.9. The Bertz CT molecular complexity index is 660. The molecular weight excluding hydrogens is 265 g/mol. The van der Waals surface area contributed by atoms with Crippen LogP contribution in [0.25, 0.3) is 0 Å². The van der Waals surface area contributed by atoms with Crippen LogP contribution in [-0.2, 0) is 0 Å². The SMILES string of the molecule is Cc1nc(N)nc(N(C)c2ccc(F)cc2)c1[N+](=O)[O-]. The molecule has 0 amide bonds. The highest BCUT2D eigenvalue weighted by Gasteiger charge is 2.25. The van der Waals surface area contributed by atoms with E-state index in [4.69, 9.17) is 5.73 Å². The second kappa shape index (κ2) is 5.08. The summed E-state index contributed by atoms with van der Waals surface area (Å²) in [4.78, 5) is 19.7. The number of nitrogens with zero attached hydrogens (tertiary/aromatic N) is 4. The zero-order chi connectivity index (χ0) is 14.9. The molecule has 0 fully saturated rings. The third kappa shape index (κ3) is 2.48. The molecule has 2 rings (SSSR count). The molecule has 1 aromatic carbocycles. The first-order valence-corrected chi connectivity index (χ1v) is 5.68. The highest BCUT2D eigenvalue weighted by molar-refractivity contribution is 5.69. The number of nitro groups is 1. The number of aromatic nitrogens is 2. The molecule has 104 valence electrons. The maximum Gasteiger partial charge on any atom is 0.333 e. The average Bonchev–Trinajstić information content (AvgIpc) is 2.37. The van der Waals surface area contributed by atoms with Crippen molar-refractivity contribution in [3.63, 3.8) is 0 Å². The molecule has 0 atom stereocenters. The van der Waals surface area contributed by atoms with Crippen molar-refractivity contribution >= 4 is 23.1 Å². The van der Waals surface area contributed by atoms with E-state index in [1.807, 2.05) is 0 Å². The second-order valence-corrected chi connectivity index (χ2v) is 4.13. The molecule has 2 N–H and O–H groups in total. The first kappa shape index (κ1) is 13.7. The monoisotopic (exact) mass is 277 g/mol. The summed E-state index contributed by atoms with van der Waals surface area (Å²) in [6.45, 7) is 1.48. The van der Waals surface area contributed by atoms with E-state index in [-0.39, 0.29) is 23.1 Å². The predicted octanol–water partition coefficient (Wildman–Crippen LogP) is 2.18. The van der Waals surface area contributed by atoms with Crippen LogP contribution in [0.2, 0.25) is 0 Å². The van der Waals surface area contributed by atoms with Crippen molar-refractivity contribution in [2.45, 2.75) is 6.92 Å². The van der Waals surface area contributed by atoms with Crippen molar-refractivity contribution < 1.29 is 9.31 Å². The van der Waals surface area contributed by atoms with Crippen molar-refractivity contribution in [2.24, 2.45) is 0 Å². The van der Waals surface area contributed by atoms with Gasteiger partial charge in [-0.2, -0.15) is 4.98 Å². The molecule has 0 bridgehead atoms. The number of anilines is 3. The lowest BCUT2D eigenvalue weighted by molar-refractivity contribution is -0.385. The Morgan fingerprint density at radius 3 is 2.45 bits per heavy atom. The quantitative estimate of drug-likeness (QED) is 0.682. The molecule has 7 nitrogen and oxygen atoms in total. The van der Waals surface area contributed by atoms with E-state index in [0.29, 0.717) is 5.69 Å². The molecule has 0 aliphatic rings. The number of nitrogen functional groups attached to an aromatic ring is 1. The average molecular weight is 277 g/mol. The molecule has 20 heavy (non-hydrogen) atoms. The number of halogens is 1. The minimum atomic E-state index is -0.565. The molecule has 1 aromatic heterocycles. The standard InChI is InChI=1S/C12H12FN5O2/c1-7-10(18(19)20)11(16-12(14)15-7)17(2)9-5-3-8(13)4-6-9/h3-6H,1-2H3,(H2,14,15,16). The second-order valence-electron chi connectivity index (χ2n) is 4.13. The predicted molar refractivity (Wildman–Crippen MR) is 72.3 cm³/mol. The van der Waals surface area contributed by atoms with Gasteiger partial charge in [-0.15, -0.1) is 0 Å². The van der Waals surface area contributed by atoms with E-state index in [2.05, 4.69) is 9.97 Å². The Kier molecular flexibility index (Phi) is 3.47. The van der Waals surface area contributed by atoms with E-state index in [0.717, 1.165) is 0 Å². The normalized spacial score (nSPS) is 10.3. The van der Waals surface area contributed by atoms with Crippen LogP contribution < -0.4 is 10.6 Å². The highest BCUT2D eigenvalue weighted by atomic mass is 19.1. The zero-order valence-electron chi connectivity index (χ0n) is 10.9. The summed E-state index contributed by atoms with van der Waals surface area (Å²) in [6.07, 6.45) is 0. The van der Waals surface area contributed by atoms with E-state index < -0.39 is 10.7 Å². The van der Waals surface area contributed by atoms with Crippen LogP contribution in [0.4, 0.5) is 27.5 Å². The van der Waals surface area contributed by atoms with Crippen molar-refractivity contribution in [3.8, 4) is 0 Å². The van der Waals surface area contributed by atoms with Gasteiger partial charge in [0, 0.05) is 12.7 Å². The molecule has 0 saturated heterocycles. The number of hydrogen-bond acceptors (Lipinski definition) is 6. The van der Waals surface area contributed by atoms with E-state index in [1.165, 1.54) is 36.1 Å². The fraction of sp³-hybridized carbons (Fsp3) is 0.167. The molecule has 2 aromatic rings. The highest BCUT2D eigenvalue weighted by Crippen LogP contribution is 2.32. The smallest absolute Gasteiger partial charge is 0.333 e. The van der Waals surface area contributed by atoms with E-state index >= 15 is 0 Å². The van der Waals surface area contributed by atoms with Gasteiger partial charge < -0.3 is 10.6 Å². The minimum absolute atomic E-state index is 0.0583. The summed E-state index contributed by atoms with van der Waals surface area (Å²) in [7, 11) is 1.58. The van der Waals surface area contributed by atoms with Gasteiger partial charge in [0.15, 0.2) is 0 Å². The molecule has 1 heterocycles. The van der Waals surface area contributed by atoms with Gasteiger partial charge in [-0.3, -0.25) is 10.1 Å². The number of benzene rings is 1. The van der Waals surface area contributed by atoms with Crippen molar-refractivity contribution in [3.05, 3.63) is 45.9 Å². The van der Waals surface area contributed by atoms with Crippen LogP contribution in [0, 0.1) is 22.9 Å². The van der Waals surface area contributed by atoms with Gasteiger partial charge in [-0.25, -0.2) is 9.37 Å². The van der Waals surface area contributed by atoms with Crippen molar-refractivity contribution in [2.75, 3.05) is 17.7 Å². The molecule has 0 spiro atoms. The molecule has 0 radical (unpaired) electrons. The Hall–Kier alpha value is -2.77. The van der Waals surface area contributed by atoms with Gasteiger partial charge in [-0.1, -0.05) is 0 Å². The Morgan fingerprint density at radius 2 is 1.90 bits per heavy atom. The van der Waals surface area contributed by atoms with Crippen LogP contribution in [0.15, 0.2) is 24.3 Å². The van der Waals surface area contributed by atoms with E-state index in [9.17, 15) is 14.5 Å². The number of rotatable bonds is 3. The summed E-state index contributed by atoms with van der Waals surface area (Å²) in [5.41, 5.74) is 6.03. The van der Waals surface area contributed by atoms with Crippen molar-refractivity contribution in [1.82, 2.24) is 9.97 Å². The van der Waals surface area contributed by atoms with Crippen LogP contribution in [0.5, 0.6) is 0 Å². The summed E-state index contributed by atoms with van der Waals surface area (Å²) >= 11 is 0. The van der Waals surface area contributed by atoms with Crippen LogP contribution in [0.1, 0.15) is 5.69 Å². The number of nitrogens with two attached hydrogens (primary N) is 1. The third-order valence-corrected chi connectivity index (χ3v) is 2.77. The summed E-state index contributed by atoms with van der Waals surface area (Å²) in [6, 6.07) is 5.50. The molecular formula is C12H12FN5O2. The summed E-state index contributed by atoms with van der Waals surface area (Å²) in [5.74, 6) is -0.390. The summed E-state index contributed by atoms with van der Waals surface area (Å²) in [5, 5.41) is 11.1. The fourth-order valence-electron chi connectivity index (χ4n) is 1.81. The van der Waals surface area contributed by atoms with E-state index in [1.54, 1.807) is 7.05 Å². The molecule has 0 aliphatic carbocycles. The third-order valence-electron chi connectivity index (χ3n) is 2.77. The number of hydrogen-bond donors (Lipinski definition) is 1. The molecule has 0 aliphatic heterocycles. The van der Waals surface area contributed by atoms with Crippen molar-refractivity contribution in [1.29, 1.82) is 0 Å². The van der Waals surface area contributed by atoms with Gasteiger partial charge in [0.2, 0.25) is 11.8 Å². The largest absolute Gasteiger partial charge is 0.368 e. The Morgan fingerprint density at radius 1 is 1.30 bits per heavy atom. The Balaban J connectivity index is 2.56. The topological polar surface area (TPSA) is 98.2 Å². The fourth-order valence-corrected chi connectivity index (χ4v) is 1.81. The number of aryl methyl sites for hydroxylation is 1. The van der Waals surface area contributed by atoms with Crippen LogP contribution >= 0.6 is 0 Å². The lowest BCUT2D eigenvalue weighted by Crippen LogP contribution is -2.16. The van der Waals surface area contributed by atoms with Gasteiger partial charge in [-0.05, 0) is 31.2 Å². The van der Waals surface area contributed by atoms with Gasteiger partial charge in [0.25, 0.3) is 0 Å². The maximum absolute atomic E-state index is 12.9. The molecule has 8 heteroatoms. The lowest BCUT2D eigenvalue weighted by atomic mass is 10.2. The van der Waals surface area contributed by atoms with Crippen LogP contribution in [0.3, 0.4) is 0 Å². The minimum Gasteiger partial charge on any atom is -0.368 e.